The lowest BCUT2D eigenvalue weighted by Crippen LogP contribution is -2.11. The van der Waals surface area contributed by atoms with E-state index in [0.29, 0.717) is 11.4 Å². The monoisotopic (exact) mass is 321 g/mol. The van der Waals surface area contributed by atoms with Crippen molar-refractivity contribution in [3.8, 4) is 0 Å². The van der Waals surface area contributed by atoms with Crippen LogP contribution in [-0.2, 0) is 0 Å². The second-order valence-corrected chi connectivity index (χ2v) is 5.84. The zero-order valence-electron chi connectivity index (χ0n) is 9.11. The van der Waals surface area contributed by atoms with E-state index in [1.54, 1.807) is 0 Å². The molecule has 2 aromatic heterocycles. The van der Waals surface area contributed by atoms with Crippen LogP contribution < -0.4 is 11.5 Å². The summed E-state index contributed by atoms with van der Waals surface area (Å²) in [6, 6.07) is 5.89. The molecule has 4 N–H and O–H groups in total. The topological polar surface area (TPSA) is 82.0 Å². The minimum atomic E-state index is -0.488. The number of rotatable bonds is 1. The van der Waals surface area contributed by atoms with Crippen molar-refractivity contribution >= 4 is 59.2 Å². The van der Waals surface area contributed by atoms with Gasteiger partial charge in [-0.25, -0.2) is 4.98 Å². The fraction of sp³-hybridized carbons (Fsp3) is 0. The molecular formula is C12H8BrN3OS. The molecule has 6 heteroatoms. The van der Waals surface area contributed by atoms with Crippen LogP contribution in [0.2, 0.25) is 0 Å². The van der Waals surface area contributed by atoms with Gasteiger partial charge in [0.25, 0.3) is 5.91 Å². The first-order valence-electron chi connectivity index (χ1n) is 5.14. The zero-order valence-corrected chi connectivity index (χ0v) is 11.5. The van der Waals surface area contributed by atoms with Crippen molar-refractivity contribution in [1.82, 2.24) is 4.98 Å². The Labute approximate surface area is 115 Å². The molecule has 3 rings (SSSR count). The summed E-state index contributed by atoms with van der Waals surface area (Å²) in [5.41, 5.74) is 11.7. The zero-order chi connectivity index (χ0) is 12.9. The van der Waals surface area contributed by atoms with E-state index in [0.717, 1.165) is 24.6 Å². The third-order valence-electron chi connectivity index (χ3n) is 2.75. The van der Waals surface area contributed by atoms with E-state index in [4.69, 9.17) is 11.5 Å². The summed E-state index contributed by atoms with van der Waals surface area (Å²) in [7, 11) is 0. The van der Waals surface area contributed by atoms with Crippen molar-refractivity contribution in [2.24, 2.45) is 5.73 Å². The van der Waals surface area contributed by atoms with Gasteiger partial charge in [-0.15, -0.1) is 11.3 Å². The van der Waals surface area contributed by atoms with Gasteiger partial charge in [0.2, 0.25) is 0 Å². The Morgan fingerprint density at radius 3 is 2.89 bits per heavy atom. The Morgan fingerprint density at radius 1 is 1.39 bits per heavy atom. The molecule has 0 radical (unpaired) electrons. The molecule has 2 heterocycles. The number of halogens is 1. The van der Waals surface area contributed by atoms with Crippen LogP contribution in [0.25, 0.3) is 20.2 Å². The second-order valence-electron chi connectivity index (χ2n) is 3.87. The normalized spacial score (nSPS) is 11.2. The summed E-state index contributed by atoms with van der Waals surface area (Å²) in [5, 5.41) is 1.80. The minimum absolute atomic E-state index is 0.413. The van der Waals surface area contributed by atoms with Gasteiger partial charge >= 0.3 is 0 Å². The van der Waals surface area contributed by atoms with E-state index < -0.39 is 5.91 Å². The van der Waals surface area contributed by atoms with Crippen molar-refractivity contribution in [3.63, 3.8) is 0 Å². The SMILES string of the molecule is NC(=O)c1cnc(N)c2c1sc1cc(Br)ccc12. The van der Waals surface area contributed by atoms with E-state index in [2.05, 4.69) is 20.9 Å². The highest BCUT2D eigenvalue weighted by Crippen LogP contribution is 2.39. The lowest BCUT2D eigenvalue weighted by molar-refractivity contribution is 0.100. The third-order valence-corrected chi connectivity index (χ3v) is 4.43. The Hall–Kier alpha value is -1.66. The van der Waals surface area contributed by atoms with Crippen LogP contribution in [0.1, 0.15) is 10.4 Å². The maximum absolute atomic E-state index is 11.4. The number of amides is 1. The molecule has 0 bridgehead atoms. The fourth-order valence-electron chi connectivity index (χ4n) is 1.95. The molecule has 18 heavy (non-hydrogen) atoms. The second kappa shape index (κ2) is 3.93. The number of fused-ring (bicyclic) bond motifs is 3. The number of aromatic nitrogens is 1. The van der Waals surface area contributed by atoms with Gasteiger partial charge in [0.1, 0.15) is 5.82 Å². The number of anilines is 1. The summed E-state index contributed by atoms with van der Waals surface area (Å²) in [6.07, 6.45) is 1.43. The van der Waals surface area contributed by atoms with Gasteiger partial charge in [0.15, 0.2) is 0 Å². The maximum atomic E-state index is 11.4. The highest BCUT2D eigenvalue weighted by molar-refractivity contribution is 9.10. The van der Waals surface area contributed by atoms with E-state index in [-0.39, 0.29) is 0 Å². The van der Waals surface area contributed by atoms with Crippen molar-refractivity contribution < 1.29 is 4.79 Å². The summed E-state index contributed by atoms with van der Waals surface area (Å²) in [6.45, 7) is 0. The molecule has 0 fully saturated rings. The summed E-state index contributed by atoms with van der Waals surface area (Å²) < 4.78 is 2.82. The molecule has 1 amide bonds. The third kappa shape index (κ3) is 1.57. The molecule has 0 atom stereocenters. The van der Waals surface area contributed by atoms with Crippen LogP contribution >= 0.6 is 27.3 Å². The van der Waals surface area contributed by atoms with Crippen molar-refractivity contribution in [3.05, 3.63) is 34.4 Å². The van der Waals surface area contributed by atoms with Gasteiger partial charge in [0, 0.05) is 26.1 Å². The number of thiophene rings is 1. The number of carbonyl (C=O) groups is 1. The first kappa shape index (κ1) is 11.4. The predicted octanol–water partition coefficient (Wildman–Crippen LogP) is 2.89. The highest BCUT2D eigenvalue weighted by Gasteiger charge is 2.15. The average Bonchev–Trinajstić information content (AvgIpc) is 2.67. The smallest absolute Gasteiger partial charge is 0.251 e. The van der Waals surface area contributed by atoms with E-state index in [1.165, 1.54) is 17.5 Å². The molecular weight excluding hydrogens is 314 g/mol. The molecule has 1 aromatic carbocycles. The molecule has 0 unspecified atom stereocenters. The van der Waals surface area contributed by atoms with Crippen LogP contribution in [0.3, 0.4) is 0 Å². The number of hydrogen-bond donors (Lipinski definition) is 2. The Morgan fingerprint density at radius 2 is 2.17 bits per heavy atom. The lowest BCUT2D eigenvalue weighted by atomic mass is 10.1. The molecule has 90 valence electrons. The number of carbonyl (C=O) groups excluding carboxylic acids is 1. The van der Waals surface area contributed by atoms with Crippen LogP contribution in [0.4, 0.5) is 5.82 Å². The number of hydrogen-bond acceptors (Lipinski definition) is 4. The van der Waals surface area contributed by atoms with Crippen LogP contribution in [0.5, 0.6) is 0 Å². The van der Waals surface area contributed by atoms with Crippen molar-refractivity contribution in [2.75, 3.05) is 5.73 Å². The van der Waals surface area contributed by atoms with Gasteiger partial charge in [-0.05, 0) is 12.1 Å². The van der Waals surface area contributed by atoms with Gasteiger partial charge < -0.3 is 11.5 Å². The minimum Gasteiger partial charge on any atom is -0.383 e. The quantitative estimate of drug-likeness (QED) is 0.723. The van der Waals surface area contributed by atoms with Crippen LogP contribution in [-0.4, -0.2) is 10.9 Å². The number of nitrogen functional groups attached to an aromatic ring is 1. The van der Waals surface area contributed by atoms with Gasteiger partial charge in [-0.1, -0.05) is 22.0 Å². The van der Waals surface area contributed by atoms with Crippen LogP contribution in [0.15, 0.2) is 28.9 Å². The van der Waals surface area contributed by atoms with E-state index >= 15 is 0 Å². The van der Waals surface area contributed by atoms with Gasteiger partial charge in [0.05, 0.1) is 10.3 Å². The standard InChI is InChI=1S/C12H8BrN3OS/c13-5-1-2-6-8(3-5)18-10-7(12(15)17)4-16-11(14)9(6)10/h1-4H,(H2,14,16)(H2,15,17). The van der Waals surface area contributed by atoms with Crippen LogP contribution in [0, 0.1) is 0 Å². The van der Waals surface area contributed by atoms with Gasteiger partial charge in [-0.2, -0.15) is 0 Å². The molecule has 0 saturated carbocycles. The molecule has 0 aliphatic carbocycles. The molecule has 0 aliphatic rings. The molecule has 0 spiro atoms. The number of nitrogens with two attached hydrogens (primary N) is 2. The first-order chi connectivity index (χ1) is 8.58. The summed E-state index contributed by atoms with van der Waals surface area (Å²) >= 11 is 4.92. The summed E-state index contributed by atoms with van der Waals surface area (Å²) in [4.78, 5) is 15.5. The maximum Gasteiger partial charge on any atom is 0.251 e. The highest BCUT2D eigenvalue weighted by atomic mass is 79.9. The lowest BCUT2D eigenvalue weighted by Gasteiger charge is -2.00. The predicted molar refractivity (Wildman–Crippen MR) is 77.8 cm³/mol. The molecule has 0 aliphatic heterocycles. The van der Waals surface area contributed by atoms with E-state index in [9.17, 15) is 4.79 Å². The molecule has 4 nitrogen and oxygen atoms in total. The largest absolute Gasteiger partial charge is 0.383 e. The number of benzene rings is 1. The van der Waals surface area contributed by atoms with Crippen molar-refractivity contribution in [2.45, 2.75) is 0 Å². The Balaban J connectivity index is 2.55. The number of primary amides is 1. The fourth-order valence-corrected chi connectivity index (χ4v) is 3.73. The number of nitrogens with zero attached hydrogens (tertiary/aromatic N) is 1. The average molecular weight is 322 g/mol. The summed E-state index contributed by atoms with van der Waals surface area (Å²) in [5.74, 6) is -0.0679. The molecule has 3 aromatic rings. The van der Waals surface area contributed by atoms with E-state index in [1.807, 2.05) is 18.2 Å². The molecule has 0 saturated heterocycles. The number of pyridine rings is 1. The first-order valence-corrected chi connectivity index (χ1v) is 6.75. The Bertz CT molecular complexity index is 797. The van der Waals surface area contributed by atoms with Crippen molar-refractivity contribution in [1.29, 1.82) is 0 Å². The van der Waals surface area contributed by atoms with Gasteiger partial charge in [-0.3, -0.25) is 4.79 Å². The Kier molecular flexibility index (Phi) is 2.49.